The smallest absolute Gasteiger partial charge is 0.313 e. The van der Waals surface area contributed by atoms with Gasteiger partial charge in [-0.1, -0.05) is 72.3 Å². The summed E-state index contributed by atoms with van der Waals surface area (Å²) in [5, 5.41) is 10.6. The number of carbonyl (C=O) groups excluding carboxylic acids is 3. The normalized spacial score (nSPS) is 34.9. The van der Waals surface area contributed by atoms with Gasteiger partial charge in [0.2, 0.25) is 11.8 Å². The van der Waals surface area contributed by atoms with Gasteiger partial charge in [-0.2, -0.15) is 0 Å². The quantitative estimate of drug-likeness (QED) is 0.352. The maximum atomic E-state index is 14.9. The molecule has 0 saturated carbocycles. The van der Waals surface area contributed by atoms with Gasteiger partial charge < -0.3 is 24.4 Å². The summed E-state index contributed by atoms with van der Waals surface area (Å²) in [4.78, 5) is 46.9. The van der Waals surface area contributed by atoms with Crippen molar-refractivity contribution in [3.8, 4) is 0 Å². The van der Waals surface area contributed by atoms with Crippen LogP contribution in [0.25, 0.3) is 0 Å². The molecular weight excluding hydrogens is 520 g/mol. The van der Waals surface area contributed by atoms with E-state index in [0.29, 0.717) is 19.6 Å². The number of aliphatic hydroxyl groups is 1. The molecule has 1 spiro atoms. The fraction of sp³-hybridized carbons (Fsp3) is 0.788. The second-order valence-corrected chi connectivity index (χ2v) is 14.5. The summed E-state index contributed by atoms with van der Waals surface area (Å²) in [6.07, 6.45) is 12.2. The van der Waals surface area contributed by atoms with E-state index in [9.17, 15) is 19.5 Å². The van der Waals surface area contributed by atoms with E-state index < -0.39 is 46.6 Å². The van der Waals surface area contributed by atoms with Gasteiger partial charge in [0, 0.05) is 12.1 Å². The molecule has 8 nitrogen and oxygen atoms in total. The van der Waals surface area contributed by atoms with Gasteiger partial charge in [0.05, 0.1) is 25.2 Å². The maximum absolute atomic E-state index is 14.9. The number of ether oxygens (including phenoxy) is 2. The maximum Gasteiger partial charge on any atom is 0.313 e. The predicted molar refractivity (Wildman–Crippen MR) is 158 cm³/mol. The second-order valence-electron chi connectivity index (χ2n) is 14.5. The number of likely N-dealkylation sites (tertiary alicyclic amines) is 1. The summed E-state index contributed by atoms with van der Waals surface area (Å²) in [5.41, 5.74) is -2.99. The average Bonchev–Trinajstić information content (AvgIpc) is 3.24. The standard InChI is InChI=1S/C33H52N2O6/c1-9-22(3)23(20-36)35-26-28(38)34(31(7,8)21-30(4,5)6)18-15-17-33(26)24(27(35)37)25-29(39)40-19-14-12-11-13-16-32(25,10-2)41-33/h13,15-17,22-26,36H,9-12,14,18-21H2,1-8H3/b16-13-/t22-,23-,24-,25+,26?,32-,33-/m0/s1. The molecule has 0 aliphatic carbocycles. The van der Waals surface area contributed by atoms with E-state index in [1.54, 1.807) is 4.90 Å². The lowest BCUT2D eigenvalue weighted by Crippen LogP contribution is -2.62. The Morgan fingerprint density at radius 2 is 1.73 bits per heavy atom. The second kappa shape index (κ2) is 11.5. The molecule has 230 valence electrons. The summed E-state index contributed by atoms with van der Waals surface area (Å²) < 4.78 is 12.9. The topological polar surface area (TPSA) is 96.4 Å². The number of amides is 2. The number of hydrogen-bond donors (Lipinski definition) is 1. The highest BCUT2D eigenvalue weighted by molar-refractivity contribution is 5.99. The summed E-state index contributed by atoms with van der Waals surface area (Å²) in [6.45, 7) is 17.0. The third-order valence-electron chi connectivity index (χ3n) is 9.86. The SMILES string of the molecule is CC[C@H](C)[C@H](CO)N1C(=O)[C@@H]2[C@@H]3C(=O)OCCCC/C=C\[C@]3(CC)O[C@@]23C=CCN(C(C)(C)CC(C)(C)C)C(=O)C13. The molecule has 4 rings (SSSR count). The Morgan fingerprint density at radius 3 is 2.34 bits per heavy atom. The van der Waals surface area contributed by atoms with Gasteiger partial charge in [0.25, 0.3) is 0 Å². The highest BCUT2D eigenvalue weighted by Crippen LogP contribution is 2.59. The molecule has 1 N–H and O–H groups in total. The molecule has 0 aromatic carbocycles. The van der Waals surface area contributed by atoms with Gasteiger partial charge in [0.15, 0.2) is 0 Å². The molecule has 0 bridgehead atoms. The van der Waals surface area contributed by atoms with Gasteiger partial charge in [0.1, 0.15) is 23.2 Å². The molecular formula is C33H52N2O6. The fourth-order valence-corrected chi connectivity index (χ4v) is 8.09. The number of cyclic esters (lactones) is 1. The number of nitrogens with zero attached hydrogens (tertiary/aromatic N) is 2. The van der Waals surface area contributed by atoms with Gasteiger partial charge in [-0.15, -0.1) is 0 Å². The highest BCUT2D eigenvalue weighted by Gasteiger charge is 2.76. The molecule has 2 amide bonds. The van der Waals surface area contributed by atoms with E-state index in [1.165, 1.54) is 0 Å². The van der Waals surface area contributed by atoms with E-state index in [1.807, 2.05) is 43.9 Å². The Labute approximate surface area is 246 Å². The Balaban J connectivity index is 1.93. The number of hydrogen-bond acceptors (Lipinski definition) is 6. The van der Waals surface area contributed by atoms with Crippen LogP contribution in [0.5, 0.6) is 0 Å². The molecule has 4 heterocycles. The minimum atomic E-state index is -1.36. The first-order chi connectivity index (χ1) is 19.2. The molecule has 0 aromatic heterocycles. The van der Waals surface area contributed by atoms with Crippen LogP contribution in [0.2, 0.25) is 0 Å². The van der Waals surface area contributed by atoms with E-state index in [4.69, 9.17) is 9.47 Å². The van der Waals surface area contributed by atoms with Crippen LogP contribution in [0.3, 0.4) is 0 Å². The zero-order chi connectivity index (χ0) is 30.4. The summed E-state index contributed by atoms with van der Waals surface area (Å²) >= 11 is 0. The van der Waals surface area contributed by atoms with Crippen molar-refractivity contribution in [3.63, 3.8) is 0 Å². The van der Waals surface area contributed by atoms with Crippen LogP contribution in [0.15, 0.2) is 24.3 Å². The third-order valence-corrected chi connectivity index (χ3v) is 9.86. The van der Waals surface area contributed by atoms with Crippen molar-refractivity contribution in [2.75, 3.05) is 19.8 Å². The van der Waals surface area contributed by atoms with E-state index in [-0.39, 0.29) is 29.8 Å². The molecule has 0 radical (unpaired) electrons. The molecule has 4 aliphatic heterocycles. The Kier molecular flexibility index (Phi) is 8.89. The van der Waals surface area contributed by atoms with Crippen LogP contribution in [0.1, 0.15) is 93.9 Å². The van der Waals surface area contributed by atoms with Crippen molar-refractivity contribution in [1.29, 1.82) is 0 Å². The van der Waals surface area contributed by atoms with Crippen molar-refractivity contribution in [1.82, 2.24) is 9.80 Å². The van der Waals surface area contributed by atoms with Crippen molar-refractivity contribution < 1.29 is 29.0 Å². The lowest BCUT2D eigenvalue weighted by atomic mass is 9.73. The number of fused-ring (bicyclic) bond motifs is 2. The van der Waals surface area contributed by atoms with Crippen LogP contribution in [-0.4, -0.2) is 81.3 Å². The average molecular weight is 573 g/mol. The molecule has 2 saturated heterocycles. The van der Waals surface area contributed by atoms with E-state index >= 15 is 0 Å². The van der Waals surface area contributed by atoms with Gasteiger partial charge >= 0.3 is 5.97 Å². The van der Waals surface area contributed by atoms with Crippen molar-refractivity contribution >= 4 is 17.8 Å². The molecule has 1 unspecified atom stereocenters. The van der Waals surface area contributed by atoms with Crippen LogP contribution >= 0.6 is 0 Å². The van der Waals surface area contributed by atoms with E-state index in [0.717, 1.165) is 32.1 Å². The fourth-order valence-electron chi connectivity index (χ4n) is 8.09. The summed E-state index contributed by atoms with van der Waals surface area (Å²) in [7, 11) is 0. The predicted octanol–water partition coefficient (Wildman–Crippen LogP) is 4.65. The molecule has 41 heavy (non-hydrogen) atoms. The largest absolute Gasteiger partial charge is 0.465 e. The van der Waals surface area contributed by atoms with Gasteiger partial charge in [-0.25, -0.2) is 0 Å². The Bertz CT molecular complexity index is 1080. The monoisotopic (exact) mass is 572 g/mol. The Morgan fingerprint density at radius 1 is 1.02 bits per heavy atom. The number of rotatable bonds is 7. The van der Waals surface area contributed by atoms with Crippen molar-refractivity contribution in [2.45, 2.75) is 123 Å². The first kappa shape index (κ1) is 31.7. The van der Waals surface area contributed by atoms with Crippen LogP contribution in [0, 0.1) is 23.2 Å². The molecule has 8 heteroatoms. The number of aliphatic hydroxyl groups excluding tert-OH is 1. The lowest BCUT2D eigenvalue weighted by Gasteiger charge is -2.46. The molecule has 0 aromatic rings. The van der Waals surface area contributed by atoms with Gasteiger partial charge in [-0.05, 0) is 57.3 Å². The van der Waals surface area contributed by atoms with Crippen LogP contribution < -0.4 is 0 Å². The minimum Gasteiger partial charge on any atom is -0.465 e. The van der Waals surface area contributed by atoms with E-state index in [2.05, 4.69) is 40.7 Å². The summed E-state index contributed by atoms with van der Waals surface area (Å²) in [6, 6.07) is -1.60. The zero-order valence-corrected chi connectivity index (χ0v) is 26.4. The van der Waals surface area contributed by atoms with Crippen LogP contribution in [-0.2, 0) is 23.9 Å². The first-order valence-electron chi connectivity index (χ1n) is 15.7. The highest BCUT2D eigenvalue weighted by atomic mass is 16.6. The number of carbonyl (C=O) groups is 3. The minimum absolute atomic E-state index is 0.0390. The zero-order valence-electron chi connectivity index (χ0n) is 26.4. The first-order valence-corrected chi connectivity index (χ1v) is 15.7. The molecule has 4 aliphatic rings. The third kappa shape index (κ3) is 5.39. The van der Waals surface area contributed by atoms with Crippen molar-refractivity contribution in [2.24, 2.45) is 23.2 Å². The van der Waals surface area contributed by atoms with Crippen LogP contribution in [0.4, 0.5) is 0 Å². The molecule has 2 fully saturated rings. The number of esters is 1. The van der Waals surface area contributed by atoms with Crippen molar-refractivity contribution in [3.05, 3.63) is 24.3 Å². The summed E-state index contributed by atoms with van der Waals surface area (Å²) in [5.74, 6) is -2.87. The Hall–Kier alpha value is -2.19. The number of allylic oxidation sites excluding steroid dienone is 1. The lowest BCUT2D eigenvalue weighted by molar-refractivity contribution is -0.165. The molecule has 7 atom stereocenters. The van der Waals surface area contributed by atoms with Gasteiger partial charge in [-0.3, -0.25) is 14.4 Å².